The Morgan fingerprint density at radius 1 is 0.615 bits per heavy atom. The molecule has 39 heavy (non-hydrogen) atoms. The van der Waals surface area contributed by atoms with Gasteiger partial charge >= 0.3 is 11.9 Å². The number of carbonyl (C=O) groups is 2. The van der Waals surface area contributed by atoms with Gasteiger partial charge in [0.1, 0.15) is 11.5 Å². The van der Waals surface area contributed by atoms with Gasteiger partial charge in [-0.2, -0.15) is 0 Å². The fourth-order valence-corrected chi connectivity index (χ4v) is 4.28. The third kappa shape index (κ3) is 12.6. The molecule has 0 heterocycles. The number of hydrogen-bond donors (Lipinski definition) is 0. The Bertz CT molecular complexity index is 843. The molecule has 2 rings (SSSR count). The zero-order chi connectivity index (χ0) is 28.3. The van der Waals surface area contributed by atoms with Crippen LogP contribution in [0.2, 0.25) is 0 Å². The highest BCUT2D eigenvalue weighted by atomic mass is 16.6. The van der Waals surface area contributed by atoms with Gasteiger partial charge in [0.05, 0.1) is 25.4 Å². The van der Waals surface area contributed by atoms with Crippen molar-refractivity contribution in [2.75, 3.05) is 13.2 Å². The summed E-state index contributed by atoms with van der Waals surface area (Å²) in [4.78, 5) is 25.7. The molecule has 2 aromatic rings. The van der Waals surface area contributed by atoms with Crippen molar-refractivity contribution in [1.82, 2.24) is 0 Å². The van der Waals surface area contributed by atoms with E-state index in [1.54, 1.807) is 13.8 Å². The summed E-state index contributed by atoms with van der Waals surface area (Å²) in [6.45, 7) is 8.35. The zero-order valence-electron chi connectivity index (χ0n) is 24.0. The molecule has 7 nitrogen and oxygen atoms in total. The summed E-state index contributed by atoms with van der Waals surface area (Å²) >= 11 is 0. The summed E-state index contributed by atoms with van der Waals surface area (Å²) < 4.78 is 29.5. The molecule has 7 heteroatoms. The van der Waals surface area contributed by atoms with Crippen LogP contribution in [0.5, 0.6) is 11.5 Å². The van der Waals surface area contributed by atoms with Gasteiger partial charge in [-0.25, -0.2) is 9.59 Å². The molecule has 0 aliphatic carbocycles. The number of ether oxygens (including phenoxy) is 5. The van der Waals surface area contributed by atoms with Gasteiger partial charge in [-0.15, -0.1) is 0 Å². The largest absolute Gasteiger partial charge is 0.479 e. The number of rotatable bonds is 20. The van der Waals surface area contributed by atoms with E-state index in [2.05, 4.69) is 13.8 Å². The smallest absolute Gasteiger partial charge is 0.347 e. The zero-order valence-corrected chi connectivity index (χ0v) is 24.0. The second-order valence-corrected chi connectivity index (χ2v) is 9.48. The minimum atomic E-state index is -0.803. The molecule has 0 saturated carbocycles. The third-order valence-electron chi connectivity index (χ3n) is 6.24. The van der Waals surface area contributed by atoms with Crippen molar-refractivity contribution in [3.63, 3.8) is 0 Å². The number of esters is 2. The van der Waals surface area contributed by atoms with Crippen LogP contribution < -0.4 is 9.47 Å². The maximum Gasteiger partial charge on any atom is 0.347 e. The number of unbranched alkanes of at least 4 members (excludes halogenated alkanes) is 2. The van der Waals surface area contributed by atoms with Crippen molar-refractivity contribution in [2.24, 2.45) is 0 Å². The molecule has 0 saturated heterocycles. The molecule has 0 aromatic heterocycles. The Labute approximate surface area is 234 Å². The molecule has 4 unspecified atom stereocenters. The number of carbonyl (C=O) groups excluding carboxylic acids is 2. The van der Waals surface area contributed by atoms with E-state index in [0.717, 1.165) is 38.5 Å². The first kappa shape index (κ1) is 32.2. The van der Waals surface area contributed by atoms with Gasteiger partial charge in [-0.1, -0.05) is 75.9 Å². The SMILES string of the molecule is CCCCC(CC(Oc1ccccc1)C(=O)OCC)OC(CCCC)CC(Oc1ccccc1)C(=O)OCC. The highest BCUT2D eigenvalue weighted by Gasteiger charge is 2.31. The fraction of sp³-hybridized carbons (Fsp3) is 0.562. The molecule has 0 N–H and O–H groups in total. The molecule has 0 aliphatic heterocycles. The first-order chi connectivity index (χ1) is 19.0. The van der Waals surface area contributed by atoms with Gasteiger partial charge in [0.15, 0.2) is 12.2 Å². The van der Waals surface area contributed by atoms with Crippen molar-refractivity contribution in [2.45, 2.75) is 103 Å². The van der Waals surface area contributed by atoms with E-state index >= 15 is 0 Å². The van der Waals surface area contributed by atoms with Crippen molar-refractivity contribution in [3.8, 4) is 11.5 Å². The van der Waals surface area contributed by atoms with Crippen molar-refractivity contribution < 1.29 is 33.3 Å². The molecule has 4 atom stereocenters. The normalized spacial score (nSPS) is 14.1. The van der Waals surface area contributed by atoms with Crippen LogP contribution in [-0.2, 0) is 23.8 Å². The van der Waals surface area contributed by atoms with Crippen LogP contribution in [0.3, 0.4) is 0 Å². The summed E-state index contributed by atoms with van der Waals surface area (Å²) in [6, 6.07) is 18.6. The van der Waals surface area contributed by atoms with Crippen LogP contribution in [-0.4, -0.2) is 49.6 Å². The van der Waals surface area contributed by atoms with E-state index in [1.165, 1.54) is 0 Å². The third-order valence-corrected chi connectivity index (χ3v) is 6.24. The molecule has 0 fully saturated rings. The molecule has 0 radical (unpaired) electrons. The predicted octanol–water partition coefficient (Wildman–Crippen LogP) is 6.92. The van der Waals surface area contributed by atoms with Crippen LogP contribution in [0.4, 0.5) is 0 Å². The highest BCUT2D eigenvalue weighted by Crippen LogP contribution is 2.24. The van der Waals surface area contributed by atoms with E-state index in [-0.39, 0.29) is 25.4 Å². The number of hydrogen-bond acceptors (Lipinski definition) is 7. The molecular formula is C32H46O7. The maximum absolute atomic E-state index is 12.9. The van der Waals surface area contributed by atoms with Gasteiger partial charge in [-0.05, 0) is 51.0 Å². The van der Waals surface area contributed by atoms with Gasteiger partial charge in [0, 0.05) is 12.8 Å². The number of para-hydroxylation sites is 2. The van der Waals surface area contributed by atoms with Crippen LogP contribution in [0.1, 0.15) is 79.1 Å². The lowest BCUT2D eigenvalue weighted by Gasteiger charge is -2.30. The quantitative estimate of drug-likeness (QED) is 0.168. The summed E-state index contributed by atoms with van der Waals surface area (Å²) in [5.41, 5.74) is 0. The van der Waals surface area contributed by atoms with Gasteiger partial charge < -0.3 is 23.7 Å². The van der Waals surface area contributed by atoms with E-state index in [4.69, 9.17) is 23.7 Å². The first-order valence-electron chi connectivity index (χ1n) is 14.4. The minimum Gasteiger partial charge on any atom is -0.479 e. The molecule has 0 spiro atoms. The monoisotopic (exact) mass is 542 g/mol. The maximum atomic E-state index is 12.9. The van der Waals surface area contributed by atoms with Crippen molar-refractivity contribution >= 4 is 11.9 Å². The molecule has 0 amide bonds. The Morgan fingerprint density at radius 3 is 1.33 bits per heavy atom. The van der Waals surface area contributed by atoms with Crippen molar-refractivity contribution in [3.05, 3.63) is 60.7 Å². The Morgan fingerprint density at radius 2 is 1.00 bits per heavy atom. The fourth-order valence-electron chi connectivity index (χ4n) is 4.28. The lowest BCUT2D eigenvalue weighted by molar-refractivity contribution is -0.156. The molecular weight excluding hydrogens is 496 g/mol. The first-order valence-corrected chi connectivity index (χ1v) is 14.4. The van der Waals surface area contributed by atoms with Crippen LogP contribution in [0.15, 0.2) is 60.7 Å². The molecule has 216 valence electrons. The summed E-state index contributed by atoms with van der Waals surface area (Å²) in [6.07, 6.45) is 3.95. The van der Waals surface area contributed by atoms with Crippen LogP contribution in [0.25, 0.3) is 0 Å². The Kier molecular flexibility index (Phi) is 15.7. The average Bonchev–Trinajstić information content (AvgIpc) is 2.95. The second kappa shape index (κ2) is 19.1. The summed E-state index contributed by atoms with van der Waals surface area (Å²) in [5.74, 6) is 0.388. The van der Waals surface area contributed by atoms with E-state index in [0.29, 0.717) is 24.3 Å². The lowest BCUT2D eigenvalue weighted by atomic mass is 10.0. The van der Waals surface area contributed by atoms with Gasteiger partial charge in [-0.3, -0.25) is 0 Å². The van der Waals surface area contributed by atoms with E-state index in [9.17, 15) is 9.59 Å². The molecule has 2 aromatic carbocycles. The predicted molar refractivity (Wildman–Crippen MR) is 152 cm³/mol. The van der Waals surface area contributed by atoms with E-state index < -0.39 is 24.1 Å². The van der Waals surface area contributed by atoms with E-state index in [1.807, 2.05) is 60.7 Å². The van der Waals surface area contributed by atoms with Crippen molar-refractivity contribution in [1.29, 1.82) is 0 Å². The van der Waals surface area contributed by atoms with Gasteiger partial charge in [0.25, 0.3) is 0 Å². The lowest BCUT2D eigenvalue weighted by Crippen LogP contribution is -2.38. The van der Waals surface area contributed by atoms with Gasteiger partial charge in [0.2, 0.25) is 0 Å². The Balaban J connectivity index is 2.24. The van der Waals surface area contributed by atoms with Crippen LogP contribution >= 0.6 is 0 Å². The standard InChI is InChI=1S/C32H46O7/c1-5-9-17-27(23-29(31(33)35-7-3)38-25-19-13-11-14-20-25)37-28(18-10-6-2)24-30(32(34)36-8-4)39-26-21-15-12-16-22-26/h11-16,19-22,27-30H,5-10,17-18,23-24H2,1-4H3. The summed E-state index contributed by atoms with van der Waals surface area (Å²) in [7, 11) is 0. The average molecular weight is 543 g/mol. The highest BCUT2D eigenvalue weighted by molar-refractivity contribution is 5.75. The van der Waals surface area contributed by atoms with Crippen LogP contribution in [0, 0.1) is 0 Å². The minimum absolute atomic E-state index is 0.260. The molecule has 0 bridgehead atoms. The second-order valence-electron chi connectivity index (χ2n) is 9.48. The molecule has 0 aliphatic rings. The summed E-state index contributed by atoms with van der Waals surface area (Å²) in [5, 5.41) is 0. The number of benzene rings is 2. The topological polar surface area (TPSA) is 80.3 Å². The Hall–Kier alpha value is -3.06.